The molecule has 0 spiro atoms. The van der Waals surface area contributed by atoms with Gasteiger partial charge in [0.1, 0.15) is 0 Å². The Morgan fingerprint density at radius 2 is 2.00 bits per heavy atom. The minimum Gasteiger partial charge on any atom is -0.396 e. The molecule has 0 atom stereocenters. The van der Waals surface area contributed by atoms with Crippen LogP contribution in [0.25, 0.3) is 0 Å². The molecule has 1 fully saturated rings. The Kier molecular flexibility index (Phi) is 2.78. The molecule has 1 aliphatic carbocycles. The molecule has 86 valence electrons. The summed E-state index contributed by atoms with van der Waals surface area (Å²) in [6, 6.07) is 6.32. The average Bonchev–Trinajstić information content (AvgIpc) is 3.08. The molecular weight excluding hydrogens is 208 g/mol. The van der Waals surface area contributed by atoms with Gasteiger partial charge in [0.15, 0.2) is 0 Å². The number of hydrogen-bond acceptors (Lipinski definition) is 4. The Labute approximate surface area is 93.2 Å². The maximum absolute atomic E-state index is 10.4. The van der Waals surface area contributed by atoms with E-state index in [1.807, 2.05) is 0 Å². The van der Waals surface area contributed by atoms with E-state index in [1.54, 1.807) is 12.1 Å². The van der Waals surface area contributed by atoms with Gasteiger partial charge in [-0.1, -0.05) is 0 Å². The van der Waals surface area contributed by atoms with Crippen LogP contribution in [0.5, 0.6) is 0 Å². The lowest BCUT2D eigenvalue weighted by molar-refractivity contribution is -0.384. The van der Waals surface area contributed by atoms with Gasteiger partial charge in [0.05, 0.1) is 11.5 Å². The minimum atomic E-state index is -0.417. The van der Waals surface area contributed by atoms with Crippen molar-refractivity contribution < 1.29 is 10.0 Å². The molecule has 5 nitrogen and oxygen atoms in total. The van der Waals surface area contributed by atoms with Crippen molar-refractivity contribution >= 4 is 11.4 Å². The molecule has 16 heavy (non-hydrogen) atoms. The molecule has 0 radical (unpaired) electrons. The van der Waals surface area contributed by atoms with E-state index in [0.717, 1.165) is 25.1 Å². The number of anilines is 1. The fourth-order valence-corrected chi connectivity index (χ4v) is 1.56. The molecule has 0 heterocycles. The standard InChI is InChI=1S/C11H14N2O3/c14-8-11(5-6-11)7-12-9-1-3-10(4-2-9)13(15)16/h1-4,12,14H,5-8H2. The molecule has 0 aromatic heterocycles. The number of aliphatic hydroxyl groups excluding tert-OH is 1. The van der Waals surface area contributed by atoms with Crippen LogP contribution in [0.1, 0.15) is 12.8 Å². The predicted octanol–water partition coefficient (Wildman–Crippen LogP) is 1.78. The lowest BCUT2D eigenvalue weighted by Gasteiger charge is -2.13. The molecule has 1 aliphatic rings. The van der Waals surface area contributed by atoms with Gasteiger partial charge in [-0.3, -0.25) is 10.1 Å². The number of nitro benzene ring substituents is 1. The summed E-state index contributed by atoms with van der Waals surface area (Å²) >= 11 is 0. The van der Waals surface area contributed by atoms with Gasteiger partial charge in [0.2, 0.25) is 0 Å². The van der Waals surface area contributed by atoms with E-state index in [4.69, 9.17) is 5.11 Å². The van der Waals surface area contributed by atoms with Crippen molar-refractivity contribution in [3.05, 3.63) is 34.4 Å². The summed E-state index contributed by atoms with van der Waals surface area (Å²) in [7, 11) is 0. The third-order valence-corrected chi connectivity index (χ3v) is 3.04. The monoisotopic (exact) mass is 222 g/mol. The van der Waals surface area contributed by atoms with Crippen molar-refractivity contribution in [2.24, 2.45) is 5.41 Å². The van der Waals surface area contributed by atoms with Crippen molar-refractivity contribution in [2.75, 3.05) is 18.5 Å². The second-order valence-electron chi connectivity index (χ2n) is 4.32. The highest BCUT2D eigenvalue weighted by atomic mass is 16.6. The maximum Gasteiger partial charge on any atom is 0.269 e. The van der Waals surface area contributed by atoms with E-state index >= 15 is 0 Å². The third kappa shape index (κ3) is 2.30. The van der Waals surface area contributed by atoms with Gasteiger partial charge in [-0.15, -0.1) is 0 Å². The van der Waals surface area contributed by atoms with Crippen LogP contribution in [-0.2, 0) is 0 Å². The summed E-state index contributed by atoms with van der Waals surface area (Å²) in [5.41, 5.74) is 0.987. The van der Waals surface area contributed by atoms with E-state index in [1.165, 1.54) is 12.1 Å². The molecule has 0 saturated heterocycles. The van der Waals surface area contributed by atoms with Gasteiger partial charge in [0, 0.05) is 29.8 Å². The van der Waals surface area contributed by atoms with Gasteiger partial charge in [-0.25, -0.2) is 0 Å². The number of rotatable bonds is 5. The first-order valence-electron chi connectivity index (χ1n) is 5.24. The normalized spacial score (nSPS) is 16.8. The molecule has 5 heteroatoms. The Balaban J connectivity index is 1.93. The molecule has 1 aromatic carbocycles. The number of non-ortho nitro benzene ring substituents is 1. The fraction of sp³-hybridized carbons (Fsp3) is 0.455. The third-order valence-electron chi connectivity index (χ3n) is 3.04. The van der Waals surface area contributed by atoms with Gasteiger partial charge < -0.3 is 10.4 Å². The topological polar surface area (TPSA) is 75.4 Å². The average molecular weight is 222 g/mol. The Bertz CT molecular complexity index is 385. The highest BCUT2D eigenvalue weighted by Crippen LogP contribution is 2.44. The van der Waals surface area contributed by atoms with E-state index in [0.29, 0.717) is 0 Å². The van der Waals surface area contributed by atoms with Crippen molar-refractivity contribution in [3.63, 3.8) is 0 Å². The van der Waals surface area contributed by atoms with Crippen LogP contribution in [0, 0.1) is 15.5 Å². The lowest BCUT2D eigenvalue weighted by atomic mass is 10.1. The minimum absolute atomic E-state index is 0.0434. The Morgan fingerprint density at radius 3 is 2.44 bits per heavy atom. The summed E-state index contributed by atoms with van der Waals surface area (Å²) in [6.07, 6.45) is 2.09. The van der Waals surface area contributed by atoms with Crippen LogP contribution in [-0.4, -0.2) is 23.2 Å². The number of nitrogens with one attached hydrogen (secondary N) is 1. The van der Waals surface area contributed by atoms with Crippen molar-refractivity contribution in [3.8, 4) is 0 Å². The lowest BCUT2D eigenvalue weighted by Crippen LogP contribution is -2.18. The Hall–Kier alpha value is -1.62. The van der Waals surface area contributed by atoms with Crippen molar-refractivity contribution in [2.45, 2.75) is 12.8 Å². The van der Waals surface area contributed by atoms with Crippen LogP contribution in [0.15, 0.2) is 24.3 Å². The summed E-state index contributed by atoms with van der Waals surface area (Å²) < 4.78 is 0. The number of aliphatic hydroxyl groups is 1. The van der Waals surface area contributed by atoms with Crippen molar-refractivity contribution in [1.82, 2.24) is 0 Å². The molecule has 0 aliphatic heterocycles. The SMILES string of the molecule is O=[N+]([O-])c1ccc(NCC2(CO)CC2)cc1. The molecule has 1 saturated carbocycles. The highest BCUT2D eigenvalue weighted by Gasteiger charge is 2.41. The fourth-order valence-electron chi connectivity index (χ4n) is 1.56. The van der Waals surface area contributed by atoms with E-state index < -0.39 is 4.92 Å². The zero-order valence-electron chi connectivity index (χ0n) is 8.85. The van der Waals surface area contributed by atoms with Crippen LogP contribution < -0.4 is 5.32 Å². The van der Waals surface area contributed by atoms with Crippen LogP contribution >= 0.6 is 0 Å². The van der Waals surface area contributed by atoms with Gasteiger partial charge in [-0.05, 0) is 25.0 Å². The largest absolute Gasteiger partial charge is 0.396 e. The first kappa shape index (κ1) is 10.9. The zero-order valence-corrected chi connectivity index (χ0v) is 8.85. The molecule has 0 unspecified atom stereocenters. The molecule has 1 aromatic rings. The van der Waals surface area contributed by atoms with E-state index in [2.05, 4.69) is 5.32 Å². The van der Waals surface area contributed by atoms with Gasteiger partial charge >= 0.3 is 0 Å². The second-order valence-corrected chi connectivity index (χ2v) is 4.32. The number of nitro groups is 1. The van der Waals surface area contributed by atoms with Crippen LogP contribution in [0.2, 0.25) is 0 Å². The molecule has 0 amide bonds. The second kappa shape index (κ2) is 4.09. The molecule has 0 bridgehead atoms. The van der Waals surface area contributed by atoms with E-state index in [-0.39, 0.29) is 17.7 Å². The first-order chi connectivity index (χ1) is 7.65. The van der Waals surface area contributed by atoms with E-state index in [9.17, 15) is 10.1 Å². The number of nitrogens with zero attached hydrogens (tertiary/aromatic N) is 1. The summed E-state index contributed by atoms with van der Waals surface area (Å²) in [6.45, 7) is 0.925. The quantitative estimate of drug-likeness (QED) is 0.588. The maximum atomic E-state index is 10.4. The first-order valence-corrected chi connectivity index (χ1v) is 5.24. The smallest absolute Gasteiger partial charge is 0.269 e. The molecular formula is C11H14N2O3. The van der Waals surface area contributed by atoms with Crippen molar-refractivity contribution in [1.29, 1.82) is 0 Å². The van der Waals surface area contributed by atoms with Crippen LogP contribution in [0.3, 0.4) is 0 Å². The Morgan fingerprint density at radius 1 is 1.38 bits per heavy atom. The van der Waals surface area contributed by atoms with Gasteiger partial charge in [-0.2, -0.15) is 0 Å². The zero-order chi connectivity index (χ0) is 11.6. The summed E-state index contributed by atoms with van der Waals surface area (Å²) in [5.74, 6) is 0. The molecule has 2 N–H and O–H groups in total. The van der Waals surface area contributed by atoms with Gasteiger partial charge in [0.25, 0.3) is 5.69 Å². The number of hydrogen-bond donors (Lipinski definition) is 2. The summed E-state index contributed by atoms with van der Waals surface area (Å²) in [4.78, 5) is 10.0. The highest BCUT2D eigenvalue weighted by molar-refractivity contribution is 5.48. The van der Waals surface area contributed by atoms with Crippen LogP contribution in [0.4, 0.5) is 11.4 Å². The predicted molar refractivity (Wildman–Crippen MR) is 60.3 cm³/mol. The molecule has 2 rings (SSSR count). The number of benzene rings is 1. The summed E-state index contributed by atoms with van der Waals surface area (Å²) in [5, 5.41) is 22.7.